The third-order valence-electron chi connectivity index (χ3n) is 2.07. The van der Waals surface area contributed by atoms with Gasteiger partial charge in [0.25, 0.3) is 0 Å². The molecule has 0 aliphatic heterocycles. The molecule has 0 fully saturated rings. The molecule has 0 bridgehead atoms. The van der Waals surface area contributed by atoms with Gasteiger partial charge < -0.3 is 0 Å². The molecule has 13 heavy (non-hydrogen) atoms. The van der Waals surface area contributed by atoms with Crippen LogP contribution in [0.3, 0.4) is 0 Å². The maximum absolute atomic E-state index is 13.4. The Balaban J connectivity index is 3.16. The minimum atomic E-state index is -0.780. The number of hydrogen-bond donors (Lipinski definition) is 1. The van der Waals surface area contributed by atoms with Crippen LogP contribution in [0.1, 0.15) is 25.0 Å². The molecule has 0 atom stereocenters. The van der Waals surface area contributed by atoms with Crippen LogP contribution in [0, 0.1) is 12.7 Å². The van der Waals surface area contributed by atoms with Crippen LogP contribution in [0.4, 0.5) is 4.39 Å². The summed E-state index contributed by atoms with van der Waals surface area (Å²) < 4.78 is 13.4. The van der Waals surface area contributed by atoms with E-state index >= 15 is 0 Å². The summed E-state index contributed by atoms with van der Waals surface area (Å²) in [6, 6.07) is 4.99. The number of aryl methyl sites for hydroxylation is 1. The monoisotopic (exact) mass is 183 g/mol. The fourth-order valence-corrected chi connectivity index (χ4v) is 1.17. The first-order valence-corrected chi connectivity index (χ1v) is 4.12. The number of hydrogen-bond acceptors (Lipinski definition) is 2. The second-order valence-corrected chi connectivity index (χ2v) is 3.61. The van der Waals surface area contributed by atoms with E-state index in [2.05, 4.69) is 0 Å². The molecule has 2 nitrogen and oxygen atoms in total. The molecule has 0 spiro atoms. The SMILES string of the molecule is Cc1ccc(C(C)(C)ON)c(F)c1. The van der Waals surface area contributed by atoms with Crippen molar-refractivity contribution in [1.82, 2.24) is 0 Å². The summed E-state index contributed by atoms with van der Waals surface area (Å²) in [6.45, 7) is 5.28. The van der Waals surface area contributed by atoms with E-state index in [9.17, 15) is 4.39 Å². The van der Waals surface area contributed by atoms with Crippen LogP contribution < -0.4 is 5.90 Å². The Kier molecular flexibility index (Phi) is 2.68. The van der Waals surface area contributed by atoms with E-state index in [0.29, 0.717) is 5.56 Å². The summed E-state index contributed by atoms with van der Waals surface area (Å²) in [5.74, 6) is 4.80. The van der Waals surface area contributed by atoms with Crippen molar-refractivity contribution in [3.63, 3.8) is 0 Å². The molecule has 2 N–H and O–H groups in total. The quantitative estimate of drug-likeness (QED) is 0.714. The fourth-order valence-electron chi connectivity index (χ4n) is 1.17. The van der Waals surface area contributed by atoms with Crippen LogP contribution >= 0.6 is 0 Å². The summed E-state index contributed by atoms with van der Waals surface area (Å²) in [4.78, 5) is 4.70. The van der Waals surface area contributed by atoms with Gasteiger partial charge in [-0.15, -0.1) is 0 Å². The Labute approximate surface area is 77.5 Å². The Morgan fingerprint density at radius 3 is 2.46 bits per heavy atom. The van der Waals surface area contributed by atoms with Crippen LogP contribution in [0.15, 0.2) is 18.2 Å². The zero-order valence-corrected chi connectivity index (χ0v) is 8.10. The summed E-state index contributed by atoms with van der Waals surface area (Å²) >= 11 is 0. The van der Waals surface area contributed by atoms with Crippen LogP contribution in [-0.4, -0.2) is 0 Å². The molecule has 0 aromatic heterocycles. The maximum Gasteiger partial charge on any atom is 0.129 e. The molecule has 1 aromatic carbocycles. The number of rotatable bonds is 2. The van der Waals surface area contributed by atoms with Crippen molar-refractivity contribution in [2.24, 2.45) is 5.90 Å². The van der Waals surface area contributed by atoms with E-state index in [1.54, 1.807) is 19.9 Å². The van der Waals surface area contributed by atoms with Gasteiger partial charge in [0, 0.05) is 5.56 Å². The molecule has 0 amide bonds. The van der Waals surface area contributed by atoms with Crippen LogP contribution in [0.25, 0.3) is 0 Å². The third-order valence-corrected chi connectivity index (χ3v) is 2.07. The normalized spacial score (nSPS) is 11.8. The molecular weight excluding hydrogens is 169 g/mol. The first-order chi connectivity index (χ1) is 5.97. The van der Waals surface area contributed by atoms with Crippen molar-refractivity contribution in [1.29, 1.82) is 0 Å². The average molecular weight is 183 g/mol. The molecule has 0 unspecified atom stereocenters. The maximum atomic E-state index is 13.4. The third kappa shape index (κ3) is 2.05. The van der Waals surface area contributed by atoms with Crippen molar-refractivity contribution in [2.75, 3.05) is 0 Å². The first-order valence-electron chi connectivity index (χ1n) is 4.12. The van der Waals surface area contributed by atoms with Crippen LogP contribution in [-0.2, 0) is 10.4 Å². The Morgan fingerprint density at radius 2 is 2.00 bits per heavy atom. The van der Waals surface area contributed by atoms with Gasteiger partial charge in [-0.1, -0.05) is 12.1 Å². The van der Waals surface area contributed by atoms with Gasteiger partial charge in [0.1, 0.15) is 11.4 Å². The highest BCUT2D eigenvalue weighted by atomic mass is 19.1. The predicted octanol–water partition coefficient (Wildman–Crippen LogP) is 2.26. The van der Waals surface area contributed by atoms with Gasteiger partial charge in [-0.3, -0.25) is 4.84 Å². The second-order valence-electron chi connectivity index (χ2n) is 3.61. The molecule has 0 aliphatic rings. The van der Waals surface area contributed by atoms with Gasteiger partial charge in [0.15, 0.2) is 0 Å². The predicted molar refractivity (Wildman–Crippen MR) is 49.4 cm³/mol. The summed E-state index contributed by atoms with van der Waals surface area (Å²) in [6.07, 6.45) is 0. The molecule has 3 heteroatoms. The van der Waals surface area contributed by atoms with Crippen LogP contribution in [0.5, 0.6) is 0 Å². The highest BCUT2D eigenvalue weighted by Crippen LogP contribution is 2.25. The minimum Gasteiger partial charge on any atom is -0.294 e. The molecule has 72 valence electrons. The summed E-state index contributed by atoms with van der Waals surface area (Å²) in [7, 11) is 0. The molecule has 0 saturated heterocycles. The lowest BCUT2D eigenvalue weighted by Gasteiger charge is -2.22. The van der Waals surface area contributed by atoms with E-state index < -0.39 is 5.60 Å². The highest BCUT2D eigenvalue weighted by molar-refractivity contribution is 5.27. The Hall–Kier alpha value is -0.930. The lowest BCUT2D eigenvalue weighted by Crippen LogP contribution is -2.26. The number of halogens is 1. The fraction of sp³-hybridized carbons (Fsp3) is 0.400. The minimum absolute atomic E-state index is 0.282. The smallest absolute Gasteiger partial charge is 0.129 e. The molecule has 0 aliphatic carbocycles. The van der Waals surface area contributed by atoms with Gasteiger partial charge in [-0.25, -0.2) is 10.3 Å². The summed E-state index contributed by atoms with van der Waals surface area (Å²) in [5, 5.41) is 0. The highest BCUT2D eigenvalue weighted by Gasteiger charge is 2.23. The Bertz CT molecular complexity index is 310. The van der Waals surface area contributed by atoms with Gasteiger partial charge in [-0.2, -0.15) is 0 Å². The van der Waals surface area contributed by atoms with Gasteiger partial charge in [-0.05, 0) is 32.4 Å². The largest absolute Gasteiger partial charge is 0.294 e. The Morgan fingerprint density at radius 1 is 1.38 bits per heavy atom. The van der Waals surface area contributed by atoms with Crippen molar-refractivity contribution < 1.29 is 9.23 Å². The molecular formula is C10H14FNO. The van der Waals surface area contributed by atoms with E-state index in [1.807, 2.05) is 13.0 Å². The second kappa shape index (κ2) is 3.44. The van der Waals surface area contributed by atoms with Gasteiger partial charge >= 0.3 is 0 Å². The number of benzene rings is 1. The van der Waals surface area contributed by atoms with Gasteiger partial charge in [0.05, 0.1) is 0 Å². The zero-order valence-electron chi connectivity index (χ0n) is 8.10. The van der Waals surface area contributed by atoms with E-state index in [1.165, 1.54) is 6.07 Å². The van der Waals surface area contributed by atoms with Crippen LogP contribution in [0.2, 0.25) is 0 Å². The van der Waals surface area contributed by atoms with Gasteiger partial charge in [0.2, 0.25) is 0 Å². The molecule has 0 heterocycles. The lowest BCUT2D eigenvalue weighted by molar-refractivity contribution is -0.0260. The zero-order chi connectivity index (χ0) is 10.1. The number of nitrogens with two attached hydrogens (primary N) is 1. The van der Waals surface area contributed by atoms with Crippen molar-refractivity contribution in [3.8, 4) is 0 Å². The molecule has 1 rings (SSSR count). The van der Waals surface area contributed by atoms with Crippen molar-refractivity contribution in [3.05, 3.63) is 35.1 Å². The molecule has 1 aromatic rings. The molecule has 0 saturated carbocycles. The summed E-state index contributed by atoms with van der Waals surface area (Å²) in [5.41, 5.74) is 0.576. The van der Waals surface area contributed by atoms with E-state index in [-0.39, 0.29) is 5.82 Å². The van der Waals surface area contributed by atoms with E-state index in [4.69, 9.17) is 10.7 Å². The van der Waals surface area contributed by atoms with E-state index in [0.717, 1.165) is 5.56 Å². The average Bonchev–Trinajstić information content (AvgIpc) is 2.03. The first kappa shape index (κ1) is 10.2. The van der Waals surface area contributed by atoms with Crippen molar-refractivity contribution >= 4 is 0 Å². The lowest BCUT2D eigenvalue weighted by atomic mass is 9.97. The van der Waals surface area contributed by atoms with Crippen molar-refractivity contribution in [2.45, 2.75) is 26.4 Å². The molecule has 0 radical (unpaired) electrons. The topological polar surface area (TPSA) is 35.2 Å². The standard InChI is InChI=1S/C10H14FNO/c1-7-4-5-8(9(11)6-7)10(2,3)13-12/h4-6H,12H2,1-3H3.